The van der Waals surface area contributed by atoms with Crippen LogP contribution in [-0.4, -0.2) is 19.5 Å². The van der Waals surface area contributed by atoms with E-state index in [4.69, 9.17) is 11.6 Å². The van der Waals surface area contributed by atoms with Crippen LogP contribution >= 0.6 is 11.6 Å². The van der Waals surface area contributed by atoms with E-state index < -0.39 is 12.0 Å². The Morgan fingerprint density at radius 1 is 1.17 bits per heavy atom. The van der Waals surface area contributed by atoms with Crippen LogP contribution in [0.15, 0.2) is 24.5 Å². The van der Waals surface area contributed by atoms with E-state index in [0.29, 0.717) is 6.54 Å². The molecule has 2 aromatic heterocycles. The van der Waals surface area contributed by atoms with E-state index in [2.05, 4.69) is 15.0 Å². The second-order valence-electron chi connectivity index (χ2n) is 5.31. The molecule has 0 N–H and O–H groups in total. The zero-order chi connectivity index (χ0) is 16.8. The molecule has 23 heavy (non-hydrogen) atoms. The fourth-order valence-corrected chi connectivity index (χ4v) is 2.57. The van der Waals surface area contributed by atoms with Crippen molar-refractivity contribution in [2.45, 2.75) is 26.6 Å². The maximum atomic E-state index is 12.9. The van der Waals surface area contributed by atoms with Gasteiger partial charge < -0.3 is 4.57 Å². The monoisotopic (exact) mass is 340 g/mol. The molecule has 0 aliphatic rings. The summed E-state index contributed by atoms with van der Waals surface area (Å²) in [6.45, 7) is 4.28. The van der Waals surface area contributed by atoms with Crippen LogP contribution < -0.4 is 0 Å². The summed E-state index contributed by atoms with van der Waals surface area (Å²) in [5.41, 5.74) is 3.36. The van der Waals surface area contributed by atoms with Crippen LogP contribution in [0, 0.1) is 13.8 Å². The fraction of sp³-hybridized carbons (Fsp3) is 0.267. The normalized spacial score (nSPS) is 12.1. The predicted molar refractivity (Wildman–Crippen MR) is 80.4 cm³/mol. The van der Waals surface area contributed by atoms with Crippen LogP contribution in [0.25, 0.3) is 11.2 Å². The van der Waals surface area contributed by atoms with Gasteiger partial charge in [0.05, 0.1) is 12.9 Å². The molecule has 1 aromatic carbocycles. The van der Waals surface area contributed by atoms with Crippen molar-refractivity contribution in [2.24, 2.45) is 0 Å². The van der Waals surface area contributed by atoms with Crippen molar-refractivity contribution in [2.75, 3.05) is 0 Å². The highest BCUT2D eigenvalue weighted by molar-refractivity contribution is 6.33. The van der Waals surface area contributed by atoms with Crippen LogP contribution in [0.4, 0.5) is 13.2 Å². The second-order valence-corrected chi connectivity index (χ2v) is 5.67. The number of benzene rings is 1. The van der Waals surface area contributed by atoms with E-state index in [9.17, 15) is 13.2 Å². The standard InChI is InChI=1S/C15H12ClF3N4/c1-8-3-4-10(9(2)5-8)6-23-7-20-11-12(16)21-14(15(17,18)19)22-13(11)23/h3-5,7H,6H2,1-2H3. The fourth-order valence-electron chi connectivity index (χ4n) is 2.36. The number of alkyl halides is 3. The topological polar surface area (TPSA) is 43.6 Å². The zero-order valence-electron chi connectivity index (χ0n) is 12.3. The third kappa shape index (κ3) is 3.01. The van der Waals surface area contributed by atoms with Crippen molar-refractivity contribution in [3.63, 3.8) is 0 Å². The predicted octanol–water partition coefficient (Wildman–Crippen LogP) is 4.16. The molecule has 0 unspecified atom stereocenters. The largest absolute Gasteiger partial charge is 0.451 e. The molecule has 0 saturated carbocycles. The Balaban J connectivity index is 2.09. The number of hydrogen-bond donors (Lipinski definition) is 0. The van der Waals surface area contributed by atoms with E-state index in [1.165, 1.54) is 10.9 Å². The Hall–Kier alpha value is -2.15. The lowest BCUT2D eigenvalue weighted by molar-refractivity contribution is -0.144. The highest BCUT2D eigenvalue weighted by Crippen LogP contribution is 2.30. The maximum Gasteiger partial charge on any atom is 0.451 e. The molecule has 4 nitrogen and oxygen atoms in total. The number of nitrogens with zero attached hydrogens (tertiary/aromatic N) is 4. The number of aryl methyl sites for hydroxylation is 2. The van der Waals surface area contributed by atoms with Gasteiger partial charge in [0.15, 0.2) is 10.8 Å². The minimum absolute atomic E-state index is 0.0669. The molecule has 8 heteroatoms. The first kappa shape index (κ1) is 15.7. The lowest BCUT2D eigenvalue weighted by Gasteiger charge is -2.10. The van der Waals surface area contributed by atoms with Crippen molar-refractivity contribution in [3.05, 3.63) is 52.2 Å². The number of halogens is 4. The maximum absolute atomic E-state index is 12.9. The lowest BCUT2D eigenvalue weighted by atomic mass is 10.1. The zero-order valence-corrected chi connectivity index (χ0v) is 13.1. The minimum atomic E-state index is -4.66. The van der Waals surface area contributed by atoms with Crippen molar-refractivity contribution in [1.82, 2.24) is 19.5 Å². The van der Waals surface area contributed by atoms with Gasteiger partial charge in [-0.1, -0.05) is 35.4 Å². The second kappa shape index (κ2) is 5.49. The van der Waals surface area contributed by atoms with Gasteiger partial charge >= 0.3 is 6.18 Å². The Kier molecular flexibility index (Phi) is 3.75. The summed E-state index contributed by atoms with van der Waals surface area (Å²) in [6.07, 6.45) is -3.24. The number of imidazole rings is 1. The Morgan fingerprint density at radius 3 is 2.57 bits per heavy atom. The third-order valence-electron chi connectivity index (χ3n) is 3.51. The van der Waals surface area contributed by atoms with E-state index in [1.54, 1.807) is 0 Å². The number of fused-ring (bicyclic) bond motifs is 1. The van der Waals surface area contributed by atoms with Crippen LogP contribution in [0.1, 0.15) is 22.5 Å². The van der Waals surface area contributed by atoms with Gasteiger partial charge in [-0.05, 0) is 25.0 Å². The Labute approximate surface area is 135 Å². The van der Waals surface area contributed by atoms with Crippen LogP contribution in [0.3, 0.4) is 0 Å². The number of hydrogen-bond acceptors (Lipinski definition) is 3. The summed E-state index contributed by atoms with van der Waals surface area (Å²) >= 11 is 5.81. The first-order valence-electron chi connectivity index (χ1n) is 6.77. The molecule has 0 radical (unpaired) electrons. The van der Waals surface area contributed by atoms with Crippen LogP contribution in [-0.2, 0) is 12.7 Å². The van der Waals surface area contributed by atoms with E-state index in [0.717, 1.165) is 16.7 Å². The summed E-state index contributed by atoms with van der Waals surface area (Å²) in [5.74, 6) is -1.27. The molecule has 0 bridgehead atoms. The molecule has 0 amide bonds. The first-order valence-corrected chi connectivity index (χ1v) is 7.15. The van der Waals surface area contributed by atoms with Gasteiger partial charge in [-0.3, -0.25) is 0 Å². The molecule has 2 heterocycles. The smallest absolute Gasteiger partial charge is 0.311 e. The molecule has 3 aromatic rings. The summed E-state index contributed by atoms with van der Waals surface area (Å²) < 4.78 is 40.1. The average molecular weight is 341 g/mol. The van der Waals surface area contributed by atoms with Crippen LogP contribution in [0.2, 0.25) is 5.15 Å². The van der Waals surface area contributed by atoms with E-state index in [-0.39, 0.29) is 16.3 Å². The molecular weight excluding hydrogens is 329 g/mol. The van der Waals surface area contributed by atoms with E-state index in [1.807, 2.05) is 32.0 Å². The third-order valence-corrected chi connectivity index (χ3v) is 3.78. The quantitative estimate of drug-likeness (QED) is 0.658. The molecule has 0 aliphatic carbocycles. The first-order chi connectivity index (χ1) is 10.8. The SMILES string of the molecule is Cc1ccc(Cn2cnc3c(Cl)nc(C(F)(F)F)nc32)c(C)c1. The minimum Gasteiger partial charge on any atom is -0.311 e. The molecule has 3 rings (SSSR count). The van der Waals surface area contributed by atoms with Gasteiger partial charge in [0.2, 0.25) is 5.82 Å². The van der Waals surface area contributed by atoms with Gasteiger partial charge in [-0.25, -0.2) is 15.0 Å². The molecule has 120 valence electrons. The summed E-state index contributed by atoms with van der Waals surface area (Å²) in [5, 5.41) is -0.304. The summed E-state index contributed by atoms with van der Waals surface area (Å²) in [4.78, 5) is 10.9. The van der Waals surface area contributed by atoms with Crippen LogP contribution in [0.5, 0.6) is 0 Å². The molecule has 0 fully saturated rings. The summed E-state index contributed by atoms with van der Waals surface area (Å²) in [6, 6.07) is 5.89. The Bertz CT molecular complexity index is 886. The lowest BCUT2D eigenvalue weighted by Crippen LogP contribution is -2.12. The summed E-state index contributed by atoms with van der Waals surface area (Å²) in [7, 11) is 0. The molecule has 0 atom stereocenters. The molecular formula is C15H12ClF3N4. The van der Waals surface area contributed by atoms with Crippen molar-refractivity contribution in [1.29, 1.82) is 0 Å². The number of aromatic nitrogens is 4. The number of rotatable bonds is 2. The highest BCUT2D eigenvalue weighted by atomic mass is 35.5. The van der Waals surface area contributed by atoms with Gasteiger partial charge in [0, 0.05) is 0 Å². The Morgan fingerprint density at radius 2 is 1.91 bits per heavy atom. The molecule has 0 saturated heterocycles. The average Bonchev–Trinajstić information content (AvgIpc) is 2.85. The van der Waals surface area contributed by atoms with E-state index >= 15 is 0 Å². The van der Waals surface area contributed by atoms with Crippen molar-refractivity contribution in [3.8, 4) is 0 Å². The van der Waals surface area contributed by atoms with Crippen molar-refractivity contribution < 1.29 is 13.2 Å². The van der Waals surface area contributed by atoms with Gasteiger partial charge in [-0.15, -0.1) is 0 Å². The van der Waals surface area contributed by atoms with Gasteiger partial charge in [0.1, 0.15) is 5.52 Å². The molecule has 0 aliphatic heterocycles. The highest BCUT2D eigenvalue weighted by Gasteiger charge is 2.36. The molecule has 0 spiro atoms. The van der Waals surface area contributed by atoms with Gasteiger partial charge in [0.25, 0.3) is 0 Å². The van der Waals surface area contributed by atoms with Gasteiger partial charge in [-0.2, -0.15) is 13.2 Å². The van der Waals surface area contributed by atoms with Crippen molar-refractivity contribution >= 4 is 22.8 Å².